The summed E-state index contributed by atoms with van der Waals surface area (Å²) >= 11 is 6.64. The average molecular weight is 469 g/mol. The van der Waals surface area contributed by atoms with Crippen LogP contribution in [0.15, 0.2) is 127 Å². The van der Waals surface area contributed by atoms with Crippen LogP contribution in [0, 0.1) is 0 Å². The van der Waals surface area contributed by atoms with E-state index in [1.54, 1.807) is 0 Å². The molecule has 35 heavy (non-hydrogen) atoms. The molecule has 6 rings (SSSR count). The van der Waals surface area contributed by atoms with E-state index < -0.39 is 0 Å². The van der Waals surface area contributed by atoms with Crippen molar-refractivity contribution in [2.24, 2.45) is 0 Å². The molecule has 0 N–H and O–H groups in total. The van der Waals surface area contributed by atoms with Gasteiger partial charge in [0.15, 0.2) is 5.82 Å². The summed E-state index contributed by atoms with van der Waals surface area (Å²) in [5, 5.41) is 3.03. The highest BCUT2D eigenvalue weighted by atomic mass is 35.5. The summed E-state index contributed by atoms with van der Waals surface area (Å²) in [4.78, 5) is 9.94. The van der Waals surface area contributed by atoms with Gasteiger partial charge in [-0.05, 0) is 40.6 Å². The Morgan fingerprint density at radius 1 is 0.457 bits per heavy atom. The highest BCUT2D eigenvalue weighted by Gasteiger charge is 2.14. The summed E-state index contributed by atoms with van der Waals surface area (Å²) < 4.78 is 0. The standard InChI is InChI=1S/C32H21ClN2/c33-29-18-10-9-17-27(29)28-20-25(19-24-15-7-8-16-26(24)28)31-21-30(22-11-3-1-4-12-22)34-32(35-31)23-13-5-2-6-14-23/h1-21H. The lowest BCUT2D eigenvalue weighted by molar-refractivity contribution is 1.18. The van der Waals surface area contributed by atoms with Crippen molar-refractivity contribution in [3.8, 4) is 45.0 Å². The van der Waals surface area contributed by atoms with E-state index in [0.29, 0.717) is 5.82 Å². The van der Waals surface area contributed by atoms with Gasteiger partial charge in [0.05, 0.1) is 11.4 Å². The fourth-order valence-electron chi connectivity index (χ4n) is 4.43. The molecule has 0 saturated heterocycles. The van der Waals surface area contributed by atoms with E-state index in [-0.39, 0.29) is 0 Å². The van der Waals surface area contributed by atoms with Gasteiger partial charge in [0, 0.05) is 27.3 Å². The molecule has 0 radical (unpaired) electrons. The van der Waals surface area contributed by atoms with Crippen molar-refractivity contribution in [2.75, 3.05) is 0 Å². The van der Waals surface area contributed by atoms with Gasteiger partial charge in [0.1, 0.15) is 0 Å². The van der Waals surface area contributed by atoms with Gasteiger partial charge in [-0.2, -0.15) is 0 Å². The highest BCUT2D eigenvalue weighted by molar-refractivity contribution is 6.33. The third-order valence-corrected chi connectivity index (χ3v) is 6.48. The van der Waals surface area contributed by atoms with Crippen LogP contribution in [0.2, 0.25) is 5.02 Å². The van der Waals surface area contributed by atoms with Crippen LogP contribution in [0.25, 0.3) is 55.8 Å². The minimum atomic E-state index is 0.703. The van der Waals surface area contributed by atoms with Crippen molar-refractivity contribution >= 4 is 22.4 Å². The van der Waals surface area contributed by atoms with Crippen molar-refractivity contribution in [1.29, 1.82) is 0 Å². The number of nitrogens with zero attached hydrogens (tertiary/aromatic N) is 2. The second-order valence-electron chi connectivity index (χ2n) is 8.42. The maximum Gasteiger partial charge on any atom is 0.160 e. The predicted octanol–water partition coefficient (Wildman–Crippen LogP) is 8.95. The molecular formula is C32H21ClN2. The van der Waals surface area contributed by atoms with Crippen LogP contribution in [-0.4, -0.2) is 9.97 Å². The molecule has 0 saturated carbocycles. The lowest BCUT2D eigenvalue weighted by Gasteiger charge is -2.14. The van der Waals surface area contributed by atoms with E-state index in [2.05, 4.69) is 60.7 Å². The monoisotopic (exact) mass is 468 g/mol. The fourth-order valence-corrected chi connectivity index (χ4v) is 4.67. The number of aromatic nitrogens is 2. The van der Waals surface area contributed by atoms with Gasteiger partial charge in [-0.3, -0.25) is 0 Å². The minimum absolute atomic E-state index is 0.703. The van der Waals surface area contributed by atoms with Crippen molar-refractivity contribution < 1.29 is 0 Å². The number of hydrogen-bond donors (Lipinski definition) is 0. The Labute approximate surface area is 209 Å². The fraction of sp³-hybridized carbons (Fsp3) is 0. The first-order valence-electron chi connectivity index (χ1n) is 11.5. The molecule has 3 heteroatoms. The third kappa shape index (κ3) is 4.21. The summed E-state index contributed by atoms with van der Waals surface area (Å²) in [6.07, 6.45) is 0. The van der Waals surface area contributed by atoms with E-state index in [4.69, 9.17) is 21.6 Å². The normalized spacial score (nSPS) is 11.0. The number of halogens is 1. The van der Waals surface area contributed by atoms with Crippen LogP contribution in [0.4, 0.5) is 0 Å². The van der Waals surface area contributed by atoms with Crippen LogP contribution < -0.4 is 0 Å². The van der Waals surface area contributed by atoms with Crippen molar-refractivity contribution in [3.05, 3.63) is 132 Å². The number of hydrogen-bond acceptors (Lipinski definition) is 2. The zero-order valence-corrected chi connectivity index (χ0v) is 19.7. The van der Waals surface area contributed by atoms with Crippen LogP contribution in [0.5, 0.6) is 0 Å². The molecule has 0 aliphatic rings. The molecule has 5 aromatic carbocycles. The van der Waals surface area contributed by atoms with Crippen LogP contribution in [0.3, 0.4) is 0 Å². The second kappa shape index (κ2) is 9.17. The molecule has 0 aliphatic heterocycles. The van der Waals surface area contributed by atoms with E-state index in [1.807, 2.05) is 66.7 Å². The number of fused-ring (bicyclic) bond motifs is 1. The van der Waals surface area contributed by atoms with Crippen LogP contribution in [-0.2, 0) is 0 Å². The molecule has 166 valence electrons. The first-order valence-corrected chi connectivity index (χ1v) is 11.9. The molecule has 2 nitrogen and oxygen atoms in total. The summed E-state index contributed by atoms with van der Waals surface area (Å²) in [5.74, 6) is 0.703. The summed E-state index contributed by atoms with van der Waals surface area (Å²) in [7, 11) is 0. The summed E-state index contributed by atoms with van der Waals surface area (Å²) in [5.41, 5.74) is 6.92. The average Bonchev–Trinajstić information content (AvgIpc) is 2.93. The summed E-state index contributed by atoms with van der Waals surface area (Å²) in [6.45, 7) is 0. The molecule has 0 spiro atoms. The van der Waals surface area contributed by atoms with Gasteiger partial charge in [-0.1, -0.05) is 115 Å². The Balaban J connectivity index is 1.62. The largest absolute Gasteiger partial charge is 0.228 e. The van der Waals surface area contributed by atoms with Gasteiger partial charge in [0.2, 0.25) is 0 Å². The topological polar surface area (TPSA) is 25.8 Å². The molecule has 6 aromatic rings. The molecule has 0 atom stereocenters. The molecular weight excluding hydrogens is 448 g/mol. The lowest BCUT2D eigenvalue weighted by Crippen LogP contribution is -1.96. The maximum absolute atomic E-state index is 6.64. The Bertz CT molecular complexity index is 1590. The molecule has 0 bridgehead atoms. The van der Waals surface area contributed by atoms with Gasteiger partial charge in [-0.15, -0.1) is 0 Å². The number of benzene rings is 5. The molecule has 0 unspecified atom stereocenters. The van der Waals surface area contributed by atoms with Gasteiger partial charge >= 0.3 is 0 Å². The molecule has 1 heterocycles. The maximum atomic E-state index is 6.64. The Kier molecular flexibility index (Phi) is 5.57. The zero-order valence-electron chi connectivity index (χ0n) is 18.9. The highest BCUT2D eigenvalue weighted by Crippen LogP contribution is 2.37. The van der Waals surface area contributed by atoms with E-state index >= 15 is 0 Å². The molecule has 0 aliphatic carbocycles. The SMILES string of the molecule is Clc1ccccc1-c1cc(-c2cc(-c3ccccc3)nc(-c3ccccc3)n2)cc2ccccc12. The molecule has 0 fully saturated rings. The third-order valence-electron chi connectivity index (χ3n) is 6.15. The zero-order chi connectivity index (χ0) is 23.6. The first kappa shape index (κ1) is 21.3. The van der Waals surface area contributed by atoms with Crippen molar-refractivity contribution in [2.45, 2.75) is 0 Å². The van der Waals surface area contributed by atoms with Gasteiger partial charge in [-0.25, -0.2) is 9.97 Å². The van der Waals surface area contributed by atoms with Crippen LogP contribution >= 0.6 is 11.6 Å². The van der Waals surface area contributed by atoms with E-state index in [9.17, 15) is 0 Å². The smallest absolute Gasteiger partial charge is 0.160 e. The van der Waals surface area contributed by atoms with Crippen molar-refractivity contribution in [3.63, 3.8) is 0 Å². The molecule has 0 amide bonds. The van der Waals surface area contributed by atoms with E-state index in [0.717, 1.165) is 55.0 Å². The first-order chi connectivity index (χ1) is 17.3. The second-order valence-corrected chi connectivity index (χ2v) is 8.83. The lowest BCUT2D eigenvalue weighted by atomic mass is 9.94. The minimum Gasteiger partial charge on any atom is -0.228 e. The summed E-state index contributed by atoms with van der Waals surface area (Å²) in [6, 6.07) is 43.2. The van der Waals surface area contributed by atoms with Crippen LogP contribution in [0.1, 0.15) is 0 Å². The van der Waals surface area contributed by atoms with Crippen molar-refractivity contribution in [1.82, 2.24) is 9.97 Å². The Morgan fingerprint density at radius 2 is 1.06 bits per heavy atom. The quantitative estimate of drug-likeness (QED) is 0.258. The molecule has 1 aromatic heterocycles. The van der Waals surface area contributed by atoms with Gasteiger partial charge in [0.25, 0.3) is 0 Å². The number of rotatable bonds is 4. The Hall–Kier alpha value is -4.27. The Morgan fingerprint density at radius 3 is 1.80 bits per heavy atom. The van der Waals surface area contributed by atoms with E-state index in [1.165, 1.54) is 0 Å². The van der Waals surface area contributed by atoms with Gasteiger partial charge < -0.3 is 0 Å². The predicted molar refractivity (Wildman–Crippen MR) is 146 cm³/mol.